The van der Waals surface area contributed by atoms with Gasteiger partial charge in [-0.15, -0.1) is 12.3 Å². The summed E-state index contributed by atoms with van der Waals surface area (Å²) in [6.45, 7) is 6.64. The Hall–Kier alpha value is -1.42. The van der Waals surface area contributed by atoms with Crippen LogP contribution in [0.1, 0.15) is 25.8 Å². The fraction of sp³-hybridized carbons (Fsp3) is 0.385. The van der Waals surface area contributed by atoms with Crippen LogP contribution in [0.3, 0.4) is 0 Å². The first-order valence-corrected chi connectivity index (χ1v) is 4.96. The Kier molecular flexibility index (Phi) is 7.36. The van der Waals surface area contributed by atoms with Crippen molar-refractivity contribution < 1.29 is 4.74 Å². The third-order valence-electron chi connectivity index (χ3n) is 1.54. The van der Waals surface area contributed by atoms with Gasteiger partial charge in [0.15, 0.2) is 0 Å². The van der Waals surface area contributed by atoms with Gasteiger partial charge in [-0.1, -0.05) is 31.5 Å². The van der Waals surface area contributed by atoms with E-state index in [4.69, 9.17) is 11.2 Å². The standard InChI is InChI=1S/C11H12O.C2H6/c1-3-4-9-12-11-7-5-10(2)6-8-11;1-2/h1,5-8H,4,9H2,2H3;1-2H3. The van der Waals surface area contributed by atoms with Gasteiger partial charge in [-0.2, -0.15) is 0 Å². The van der Waals surface area contributed by atoms with Gasteiger partial charge in [-0.3, -0.25) is 0 Å². The maximum atomic E-state index is 5.36. The van der Waals surface area contributed by atoms with Gasteiger partial charge >= 0.3 is 0 Å². The maximum absolute atomic E-state index is 5.36. The van der Waals surface area contributed by atoms with Crippen LogP contribution in [0.5, 0.6) is 5.75 Å². The van der Waals surface area contributed by atoms with Crippen LogP contribution < -0.4 is 4.74 Å². The van der Waals surface area contributed by atoms with Crippen LogP contribution in [0.25, 0.3) is 0 Å². The minimum Gasteiger partial charge on any atom is -0.493 e. The predicted octanol–water partition coefficient (Wildman–Crippen LogP) is 3.42. The zero-order valence-electron chi connectivity index (χ0n) is 9.21. The lowest BCUT2D eigenvalue weighted by molar-refractivity contribution is 0.327. The molecule has 1 nitrogen and oxygen atoms in total. The minimum absolute atomic E-state index is 0.597. The van der Waals surface area contributed by atoms with E-state index in [1.165, 1.54) is 5.56 Å². The molecule has 0 atom stereocenters. The van der Waals surface area contributed by atoms with E-state index in [2.05, 4.69) is 5.92 Å². The highest BCUT2D eigenvalue weighted by Crippen LogP contribution is 2.11. The monoisotopic (exact) mass is 190 g/mol. The van der Waals surface area contributed by atoms with Crippen molar-refractivity contribution in [1.82, 2.24) is 0 Å². The normalized spacial score (nSPS) is 8.14. The molecule has 0 radical (unpaired) electrons. The topological polar surface area (TPSA) is 9.23 Å². The largest absolute Gasteiger partial charge is 0.493 e. The molecule has 0 spiro atoms. The van der Waals surface area contributed by atoms with Crippen LogP contribution >= 0.6 is 0 Å². The Morgan fingerprint density at radius 2 is 1.79 bits per heavy atom. The molecule has 14 heavy (non-hydrogen) atoms. The van der Waals surface area contributed by atoms with E-state index in [1.54, 1.807) is 0 Å². The first-order chi connectivity index (χ1) is 6.83. The molecule has 0 heterocycles. The van der Waals surface area contributed by atoms with Crippen molar-refractivity contribution in [2.45, 2.75) is 27.2 Å². The van der Waals surface area contributed by atoms with Crippen molar-refractivity contribution in [3.8, 4) is 18.1 Å². The van der Waals surface area contributed by atoms with Crippen molar-refractivity contribution in [3.63, 3.8) is 0 Å². The van der Waals surface area contributed by atoms with Crippen molar-refractivity contribution >= 4 is 0 Å². The Bertz CT molecular complexity index is 266. The molecule has 0 bridgehead atoms. The molecule has 76 valence electrons. The zero-order valence-corrected chi connectivity index (χ0v) is 9.21. The fourth-order valence-corrected chi connectivity index (χ4v) is 0.862. The Morgan fingerprint density at radius 3 is 2.29 bits per heavy atom. The molecule has 1 aromatic carbocycles. The lowest BCUT2D eigenvalue weighted by Gasteiger charge is -2.03. The number of hydrogen-bond donors (Lipinski definition) is 0. The lowest BCUT2D eigenvalue weighted by Crippen LogP contribution is -1.95. The Morgan fingerprint density at radius 1 is 1.21 bits per heavy atom. The van der Waals surface area contributed by atoms with E-state index in [0.717, 1.165) is 5.75 Å². The summed E-state index contributed by atoms with van der Waals surface area (Å²) < 4.78 is 5.36. The molecule has 0 saturated heterocycles. The van der Waals surface area contributed by atoms with Crippen LogP contribution in [0.4, 0.5) is 0 Å². The zero-order chi connectivity index (χ0) is 10.8. The van der Waals surface area contributed by atoms with E-state index in [1.807, 2.05) is 45.0 Å². The van der Waals surface area contributed by atoms with Gasteiger partial charge in [0.05, 0.1) is 6.61 Å². The van der Waals surface area contributed by atoms with Gasteiger partial charge in [-0.05, 0) is 19.1 Å². The van der Waals surface area contributed by atoms with Crippen LogP contribution in [0, 0.1) is 19.3 Å². The van der Waals surface area contributed by atoms with Crippen LogP contribution in [-0.2, 0) is 0 Å². The van der Waals surface area contributed by atoms with Crippen LogP contribution in [-0.4, -0.2) is 6.61 Å². The van der Waals surface area contributed by atoms with Crippen molar-refractivity contribution in [2.24, 2.45) is 0 Å². The average molecular weight is 190 g/mol. The van der Waals surface area contributed by atoms with E-state index in [9.17, 15) is 0 Å². The molecule has 0 N–H and O–H groups in total. The molecule has 0 aliphatic rings. The average Bonchev–Trinajstić information content (AvgIpc) is 2.24. The summed E-state index contributed by atoms with van der Waals surface area (Å²) in [6, 6.07) is 7.94. The first-order valence-electron chi connectivity index (χ1n) is 4.96. The second kappa shape index (κ2) is 8.19. The number of terminal acetylenes is 1. The number of benzene rings is 1. The number of ether oxygens (including phenoxy) is 1. The Balaban J connectivity index is 0.000000791. The van der Waals surface area contributed by atoms with Crippen LogP contribution in [0.15, 0.2) is 24.3 Å². The minimum atomic E-state index is 0.597. The van der Waals surface area contributed by atoms with Crippen LogP contribution in [0.2, 0.25) is 0 Å². The van der Waals surface area contributed by atoms with Crippen molar-refractivity contribution in [2.75, 3.05) is 6.61 Å². The first kappa shape index (κ1) is 12.6. The smallest absolute Gasteiger partial charge is 0.119 e. The fourth-order valence-electron chi connectivity index (χ4n) is 0.862. The second-order valence-electron chi connectivity index (χ2n) is 2.62. The summed E-state index contributed by atoms with van der Waals surface area (Å²) in [7, 11) is 0. The maximum Gasteiger partial charge on any atom is 0.119 e. The van der Waals surface area contributed by atoms with E-state index >= 15 is 0 Å². The van der Waals surface area contributed by atoms with Gasteiger partial charge in [0, 0.05) is 6.42 Å². The number of aryl methyl sites for hydroxylation is 1. The van der Waals surface area contributed by atoms with Crippen molar-refractivity contribution in [3.05, 3.63) is 29.8 Å². The SMILES string of the molecule is C#CCCOc1ccc(C)cc1.CC. The number of hydrogen-bond acceptors (Lipinski definition) is 1. The van der Waals surface area contributed by atoms with E-state index in [-0.39, 0.29) is 0 Å². The van der Waals surface area contributed by atoms with Gasteiger partial charge in [-0.25, -0.2) is 0 Å². The Labute approximate surface area is 87.1 Å². The summed E-state index contributed by atoms with van der Waals surface area (Å²) in [5, 5.41) is 0. The summed E-state index contributed by atoms with van der Waals surface area (Å²) in [6.07, 6.45) is 5.75. The molecule has 1 heteroatoms. The molecule has 0 aliphatic carbocycles. The number of rotatable bonds is 3. The highest BCUT2D eigenvalue weighted by Gasteiger charge is 1.90. The summed E-state index contributed by atoms with van der Waals surface area (Å²) >= 11 is 0. The van der Waals surface area contributed by atoms with Crippen molar-refractivity contribution in [1.29, 1.82) is 0 Å². The summed E-state index contributed by atoms with van der Waals surface area (Å²) in [5.41, 5.74) is 1.24. The molecule has 0 unspecified atom stereocenters. The van der Waals surface area contributed by atoms with Gasteiger partial charge in [0.2, 0.25) is 0 Å². The molecule has 1 aromatic rings. The molecule has 0 aliphatic heterocycles. The molecule has 0 fully saturated rings. The lowest BCUT2D eigenvalue weighted by atomic mass is 10.2. The summed E-state index contributed by atoms with van der Waals surface area (Å²) in [4.78, 5) is 0. The highest BCUT2D eigenvalue weighted by atomic mass is 16.5. The molecular formula is C13H18O. The van der Waals surface area contributed by atoms with Gasteiger partial charge in [0.25, 0.3) is 0 Å². The quantitative estimate of drug-likeness (QED) is 0.524. The van der Waals surface area contributed by atoms with E-state index < -0.39 is 0 Å². The third-order valence-corrected chi connectivity index (χ3v) is 1.54. The predicted molar refractivity (Wildman–Crippen MR) is 61.5 cm³/mol. The molecule has 0 aromatic heterocycles. The summed E-state index contributed by atoms with van der Waals surface area (Å²) in [5.74, 6) is 3.41. The highest BCUT2D eigenvalue weighted by molar-refractivity contribution is 5.26. The second-order valence-corrected chi connectivity index (χ2v) is 2.62. The van der Waals surface area contributed by atoms with Gasteiger partial charge < -0.3 is 4.74 Å². The molecule has 0 amide bonds. The van der Waals surface area contributed by atoms with E-state index in [0.29, 0.717) is 13.0 Å². The van der Waals surface area contributed by atoms with Gasteiger partial charge in [0.1, 0.15) is 5.75 Å². The molecule has 0 saturated carbocycles. The molecular weight excluding hydrogens is 172 g/mol. The molecule has 1 rings (SSSR count). The third kappa shape index (κ3) is 5.27.